The summed E-state index contributed by atoms with van der Waals surface area (Å²) in [6.07, 6.45) is 26.2. The summed E-state index contributed by atoms with van der Waals surface area (Å²) in [5.41, 5.74) is 9.85. The molecule has 6 unspecified atom stereocenters. The zero-order chi connectivity index (χ0) is 25.8. The normalized spacial score (nSPS) is 35.9. The monoisotopic (exact) mass is 487 g/mol. The van der Waals surface area contributed by atoms with Crippen LogP contribution in [0.5, 0.6) is 0 Å². The molecule has 0 aromatic rings. The highest BCUT2D eigenvalue weighted by molar-refractivity contribution is 5.39. The largest absolute Gasteiger partial charge is 0.293 e. The van der Waals surface area contributed by atoms with Gasteiger partial charge in [0.25, 0.3) is 0 Å². The highest BCUT2D eigenvalue weighted by Crippen LogP contribution is 2.47. The molecule has 6 atom stereocenters. The first-order valence-electron chi connectivity index (χ1n) is 15.3. The molecule has 3 aliphatic carbocycles. The molecule has 0 spiro atoms. The second-order valence-electron chi connectivity index (χ2n) is 12.2. The Bertz CT molecular complexity index is 953. The summed E-state index contributed by atoms with van der Waals surface area (Å²) in [6, 6.07) is 1.14. The molecule has 36 heavy (non-hydrogen) atoms. The van der Waals surface area contributed by atoms with Gasteiger partial charge in [-0.15, -0.1) is 0 Å². The minimum atomic E-state index is 0.542. The average molecular weight is 488 g/mol. The molecule has 1 aliphatic heterocycles. The zero-order valence-corrected chi connectivity index (χ0v) is 24.3. The van der Waals surface area contributed by atoms with E-state index in [4.69, 9.17) is 6.58 Å². The third-order valence-corrected chi connectivity index (χ3v) is 10.2. The first-order chi connectivity index (χ1) is 17.4. The number of nitrogens with zero attached hydrogens (tertiary/aromatic N) is 1. The van der Waals surface area contributed by atoms with Gasteiger partial charge in [-0.2, -0.15) is 0 Å². The minimum Gasteiger partial charge on any atom is -0.293 e. The highest BCUT2D eigenvalue weighted by Gasteiger charge is 2.36. The fourth-order valence-corrected chi connectivity index (χ4v) is 7.91. The van der Waals surface area contributed by atoms with E-state index in [2.05, 4.69) is 76.9 Å². The molecular formula is C35H53N. The summed E-state index contributed by atoms with van der Waals surface area (Å²) >= 11 is 0. The van der Waals surface area contributed by atoms with Crippen LogP contribution in [0, 0.1) is 23.7 Å². The number of likely N-dealkylation sites (N-methyl/N-ethyl adjacent to an activating group) is 1. The van der Waals surface area contributed by atoms with Gasteiger partial charge >= 0.3 is 0 Å². The number of unbranched alkanes of at least 4 members (excludes halogenated alkanes) is 1. The second kappa shape index (κ2) is 12.3. The van der Waals surface area contributed by atoms with E-state index in [1.54, 1.807) is 27.9 Å². The Labute approximate surface area is 223 Å². The Hall–Kier alpha value is -1.60. The van der Waals surface area contributed by atoms with Gasteiger partial charge in [-0.3, -0.25) is 4.90 Å². The van der Waals surface area contributed by atoms with Crippen LogP contribution in [0.15, 0.2) is 70.4 Å². The van der Waals surface area contributed by atoms with Crippen molar-refractivity contribution in [3.63, 3.8) is 0 Å². The number of hydrogen-bond donors (Lipinski definition) is 0. The fraction of sp³-hybridized carbons (Fsp3) is 0.657. The number of rotatable bonds is 6. The van der Waals surface area contributed by atoms with Gasteiger partial charge in [0.1, 0.15) is 0 Å². The molecule has 0 saturated heterocycles. The van der Waals surface area contributed by atoms with Crippen LogP contribution in [0.1, 0.15) is 105 Å². The van der Waals surface area contributed by atoms with Gasteiger partial charge in [-0.1, -0.05) is 86.4 Å². The van der Waals surface area contributed by atoms with Crippen LogP contribution in [0.4, 0.5) is 0 Å². The summed E-state index contributed by atoms with van der Waals surface area (Å²) in [6.45, 7) is 16.8. The van der Waals surface area contributed by atoms with Crippen LogP contribution >= 0.6 is 0 Å². The van der Waals surface area contributed by atoms with Crippen molar-refractivity contribution in [2.75, 3.05) is 7.05 Å². The van der Waals surface area contributed by atoms with Crippen LogP contribution in [-0.4, -0.2) is 24.0 Å². The lowest BCUT2D eigenvalue weighted by Crippen LogP contribution is -2.43. The van der Waals surface area contributed by atoms with Crippen molar-refractivity contribution in [2.24, 2.45) is 23.7 Å². The molecule has 0 fully saturated rings. The molecule has 4 rings (SSSR count). The van der Waals surface area contributed by atoms with Crippen molar-refractivity contribution >= 4 is 0 Å². The molecule has 1 nitrogen and oxygen atoms in total. The van der Waals surface area contributed by atoms with Gasteiger partial charge in [-0.25, -0.2) is 0 Å². The first-order valence-corrected chi connectivity index (χ1v) is 15.3. The van der Waals surface area contributed by atoms with Crippen molar-refractivity contribution < 1.29 is 0 Å². The molecule has 0 radical (unpaired) electrons. The van der Waals surface area contributed by atoms with Crippen LogP contribution in [-0.2, 0) is 0 Å². The Kier molecular flexibility index (Phi) is 9.37. The van der Waals surface area contributed by atoms with Crippen LogP contribution in [0.2, 0.25) is 0 Å². The van der Waals surface area contributed by atoms with Crippen molar-refractivity contribution in [3.8, 4) is 0 Å². The van der Waals surface area contributed by atoms with Crippen molar-refractivity contribution in [1.29, 1.82) is 0 Å². The van der Waals surface area contributed by atoms with Gasteiger partial charge < -0.3 is 0 Å². The molecule has 0 N–H and O–H groups in total. The molecule has 4 aliphatic rings. The lowest BCUT2D eigenvalue weighted by molar-refractivity contribution is 0.199. The van der Waals surface area contributed by atoms with Gasteiger partial charge in [0.15, 0.2) is 0 Å². The van der Waals surface area contributed by atoms with E-state index >= 15 is 0 Å². The summed E-state index contributed by atoms with van der Waals surface area (Å²) in [5, 5.41) is 0. The van der Waals surface area contributed by atoms with E-state index < -0.39 is 0 Å². The molecule has 0 aromatic heterocycles. The molecule has 0 aromatic carbocycles. The van der Waals surface area contributed by atoms with Crippen LogP contribution < -0.4 is 0 Å². The topological polar surface area (TPSA) is 3.24 Å². The predicted octanol–water partition coefficient (Wildman–Crippen LogP) is 9.75. The van der Waals surface area contributed by atoms with E-state index in [1.165, 1.54) is 69.8 Å². The molecule has 198 valence electrons. The molecule has 1 heteroatoms. The standard InChI is InChI=1S/C35H53N/c1-8-11-15-32-24(4)21-34(29-19-20-35-30(23-29)18-17-25(5)36(35)7)31(10-3)27(9-2)22-28-14-12-13-16-33(28)26(32)6/h12,14,17-18,23,25,28-29,33-35H,4,8-11,13,15-16,19-22H2,1-3,5-7H3/b31-27-,32-26?. The third-order valence-electron chi connectivity index (χ3n) is 10.2. The Morgan fingerprint density at radius 1 is 0.972 bits per heavy atom. The maximum Gasteiger partial charge on any atom is 0.0347 e. The van der Waals surface area contributed by atoms with E-state index in [0.29, 0.717) is 35.8 Å². The molecule has 0 saturated carbocycles. The zero-order valence-electron chi connectivity index (χ0n) is 24.3. The van der Waals surface area contributed by atoms with Crippen molar-refractivity contribution in [1.82, 2.24) is 4.90 Å². The number of allylic oxidation sites excluding steroid dienone is 8. The van der Waals surface area contributed by atoms with E-state index in [0.717, 1.165) is 6.42 Å². The van der Waals surface area contributed by atoms with Gasteiger partial charge in [0.05, 0.1) is 0 Å². The lowest BCUT2D eigenvalue weighted by atomic mass is 9.67. The summed E-state index contributed by atoms with van der Waals surface area (Å²) in [5.74, 6) is 2.57. The van der Waals surface area contributed by atoms with E-state index in [-0.39, 0.29) is 0 Å². The molecule has 1 heterocycles. The minimum absolute atomic E-state index is 0.542. The summed E-state index contributed by atoms with van der Waals surface area (Å²) in [4.78, 5) is 2.58. The maximum atomic E-state index is 4.84. The first kappa shape index (κ1) is 27.4. The average Bonchev–Trinajstić information content (AvgIpc) is 2.89. The van der Waals surface area contributed by atoms with Crippen molar-refractivity contribution in [2.45, 2.75) is 117 Å². The maximum absolute atomic E-state index is 4.84. The SMILES string of the molecule is C=C1CC(C2C=C3C=CC(C)N(C)C3CC2)/C(CC)=C(/CC)CC2C=CCCC2C(C)=C1CCCC. The quantitative estimate of drug-likeness (QED) is 0.337. The Balaban J connectivity index is 1.78. The predicted molar refractivity (Wildman–Crippen MR) is 158 cm³/mol. The van der Waals surface area contributed by atoms with Crippen LogP contribution in [0.25, 0.3) is 0 Å². The molecule has 0 bridgehead atoms. The third kappa shape index (κ3) is 5.62. The fourth-order valence-electron chi connectivity index (χ4n) is 7.91. The van der Waals surface area contributed by atoms with Gasteiger partial charge in [0.2, 0.25) is 0 Å². The van der Waals surface area contributed by atoms with Gasteiger partial charge in [-0.05, 0) is 120 Å². The summed E-state index contributed by atoms with van der Waals surface area (Å²) < 4.78 is 0. The smallest absolute Gasteiger partial charge is 0.0347 e. The second-order valence-corrected chi connectivity index (χ2v) is 12.2. The van der Waals surface area contributed by atoms with Crippen molar-refractivity contribution in [3.05, 3.63) is 70.4 Å². The molecule has 0 amide bonds. The Morgan fingerprint density at radius 3 is 2.50 bits per heavy atom. The van der Waals surface area contributed by atoms with E-state index in [9.17, 15) is 0 Å². The number of hydrogen-bond acceptors (Lipinski definition) is 1. The van der Waals surface area contributed by atoms with Gasteiger partial charge in [0, 0.05) is 12.1 Å². The number of fused-ring (bicyclic) bond motifs is 2. The lowest BCUT2D eigenvalue weighted by Gasteiger charge is -2.42. The highest BCUT2D eigenvalue weighted by atomic mass is 15.2. The Morgan fingerprint density at radius 2 is 1.78 bits per heavy atom. The van der Waals surface area contributed by atoms with Crippen LogP contribution in [0.3, 0.4) is 0 Å². The van der Waals surface area contributed by atoms with E-state index in [1.807, 2.05) is 0 Å². The molecular weight excluding hydrogens is 434 g/mol. The summed E-state index contributed by atoms with van der Waals surface area (Å²) in [7, 11) is 2.31.